The Balaban J connectivity index is 1.70. The zero-order valence-electron chi connectivity index (χ0n) is 14.3. The fraction of sp³-hybridized carbons (Fsp3) is 0.389. The average Bonchev–Trinajstić information content (AvgIpc) is 3.06. The van der Waals surface area contributed by atoms with Crippen LogP contribution in [0.3, 0.4) is 0 Å². The van der Waals surface area contributed by atoms with Gasteiger partial charge in [0.1, 0.15) is 11.6 Å². The smallest absolute Gasteiger partial charge is 0.168 e. The van der Waals surface area contributed by atoms with Gasteiger partial charge in [-0.15, -0.1) is 0 Å². The summed E-state index contributed by atoms with van der Waals surface area (Å²) < 4.78 is 1.87. The van der Waals surface area contributed by atoms with Gasteiger partial charge in [-0.2, -0.15) is 5.10 Å². The van der Waals surface area contributed by atoms with Gasteiger partial charge in [0.25, 0.3) is 0 Å². The second-order valence-corrected chi connectivity index (χ2v) is 6.28. The van der Waals surface area contributed by atoms with Crippen molar-refractivity contribution in [3.8, 4) is 5.69 Å². The summed E-state index contributed by atoms with van der Waals surface area (Å²) in [5, 5.41) is 14.6. The molecule has 3 aromatic rings. The highest BCUT2D eigenvalue weighted by atomic mass is 16.3. The first-order valence-corrected chi connectivity index (χ1v) is 8.62. The molecule has 7 nitrogen and oxygen atoms in total. The van der Waals surface area contributed by atoms with E-state index in [0.29, 0.717) is 0 Å². The van der Waals surface area contributed by atoms with Crippen molar-refractivity contribution < 1.29 is 5.11 Å². The molecule has 3 heterocycles. The zero-order chi connectivity index (χ0) is 17.2. The molecule has 1 aliphatic heterocycles. The lowest BCUT2D eigenvalue weighted by Gasteiger charge is -2.35. The van der Waals surface area contributed by atoms with E-state index in [1.165, 1.54) is 0 Å². The van der Waals surface area contributed by atoms with Crippen molar-refractivity contribution in [3.05, 3.63) is 42.4 Å². The van der Waals surface area contributed by atoms with Gasteiger partial charge in [0.2, 0.25) is 0 Å². The molecule has 7 heteroatoms. The predicted octanol–water partition coefficient (Wildman–Crippen LogP) is 1.24. The Bertz CT molecular complexity index is 855. The fourth-order valence-electron chi connectivity index (χ4n) is 3.32. The van der Waals surface area contributed by atoms with Crippen LogP contribution in [0.15, 0.2) is 36.5 Å². The number of para-hydroxylation sites is 1. The van der Waals surface area contributed by atoms with E-state index >= 15 is 0 Å². The number of aryl methyl sites for hydroxylation is 1. The number of aliphatic hydroxyl groups excluding tert-OH is 1. The molecule has 0 saturated carbocycles. The Labute approximate surface area is 146 Å². The van der Waals surface area contributed by atoms with Crippen LogP contribution in [0.2, 0.25) is 0 Å². The van der Waals surface area contributed by atoms with Crippen molar-refractivity contribution in [2.75, 3.05) is 44.2 Å². The van der Waals surface area contributed by atoms with Crippen molar-refractivity contribution >= 4 is 16.9 Å². The van der Waals surface area contributed by atoms with Crippen LogP contribution < -0.4 is 4.90 Å². The van der Waals surface area contributed by atoms with Crippen LogP contribution in [0.5, 0.6) is 0 Å². The summed E-state index contributed by atoms with van der Waals surface area (Å²) in [6, 6.07) is 10.0. The number of fused-ring (bicyclic) bond motifs is 1. The maximum absolute atomic E-state index is 9.10. The van der Waals surface area contributed by atoms with Crippen LogP contribution >= 0.6 is 0 Å². The van der Waals surface area contributed by atoms with Gasteiger partial charge in [-0.3, -0.25) is 4.90 Å². The molecule has 25 heavy (non-hydrogen) atoms. The molecule has 1 fully saturated rings. The first-order valence-electron chi connectivity index (χ1n) is 8.62. The summed E-state index contributed by atoms with van der Waals surface area (Å²) >= 11 is 0. The standard InChI is InChI=1S/C18H22N6O/c1-14-20-17(23-9-7-22(8-10-23)11-12-25)16-13-19-24(18(16)21-14)15-5-3-2-4-6-15/h2-6,13,25H,7-12H2,1H3. The molecule has 1 N–H and O–H groups in total. The van der Waals surface area contributed by atoms with E-state index in [2.05, 4.69) is 19.9 Å². The number of nitrogens with zero attached hydrogens (tertiary/aromatic N) is 6. The van der Waals surface area contributed by atoms with Crippen LogP contribution in [0.1, 0.15) is 5.82 Å². The van der Waals surface area contributed by atoms with Gasteiger partial charge >= 0.3 is 0 Å². The SMILES string of the molecule is Cc1nc(N2CCN(CCO)CC2)c2cnn(-c3ccccc3)c2n1. The summed E-state index contributed by atoms with van der Waals surface area (Å²) in [4.78, 5) is 13.9. The van der Waals surface area contributed by atoms with Crippen LogP contribution in [-0.4, -0.2) is 69.1 Å². The lowest BCUT2D eigenvalue weighted by Crippen LogP contribution is -2.47. The van der Waals surface area contributed by atoms with Crippen molar-refractivity contribution in [2.24, 2.45) is 0 Å². The quantitative estimate of drug-likeness (QED) is 0.772. The molecule has 0 unspecified atom stereocenters. The topological polar surface area (TPSA) is 70.3 Å². The highest BCUT2D eigenvalue weighted by Gasteiger charge is 2.22. The third kappa shape index (κ3) is 3.08. The minimum atomic E-state index is 0.209. The van der Waals surface area contributed by atoms with Crippen molar-refractivity contribution in [1.29, 1.82) is 0 Å². The molecular weight excluding hydrogens is 316 g/mol. The molecule has 0 radical (unpaired) electrons. The van der Waals surface area contributed by atoms with E-state index in [0.717, 1.165) is 61.1 Å². The number of piperazine rings is 1. The Morgan fingerprint density at radius 2 is 1.80 bits per heavy atom. The molecule has 1 aliphatic rings. The monoisotopic (exact) mass is 338 g/mol. The fourth-order valence-corrected chi connectivity index (χ4v) is 3.32. The number of hydrogen-bond donors (Lipinski definition) is 1. The van der Waals surface area contributed by atoms with Crippen molar-refractivity contribution in [1.82, 2.24) is 24.6 Å². The lowest BCUT2D eigenvalue weighted by atomic mass is 10.2. The van der Waals surface area contributed by atoms with Gasteiger partial charge in [-0.25, -0.2) is 14.6 Å². The van der Waals surface area contributed by atoms with E-state index in [4.69, 9.17) is 10.1 Å². The normalized spacial score (nSPS) is 15.8. The van der Waals surface area contributed by atoms with E-state index in [1.807, 2.05) is 48.1 Å². The van der Waals surface area contributed by atoms with Crippen LogP contribution in [0.25, 0.3) is 16.7 Å². The number of aliphatic hydroxyl groups is 1. The molecule has 2 aromatic heterocycles. The number of anilines is 1. The summed E-state index contributed by atoms with van der Waals surface area (Å²) in [6.45, 7) is 6.51. The molecule has 0 spiro atoms. The van der Waals surface area contributed by atoms with Crippen molar-refractivity contribution in [3.63, 3.8) is 0 Å². The molecular formula is C18H22N6O. The van der Waals surface area contributed by atoms with E-state index in [-0.39, 0.29) is 6.61 Å². The Kier molecular flexibility index (Phi) is 4.33. The Hall–Kier alpha value is -2.51. The second-order valence-electron chi connectivity index (χ2n) is 6.28. The average molecular weight is 338 g/mol. The van der Waals surface area contributed by atoms with Crippen LogP contribution in [-0.2, 0) is 0 Å². The highest BCUT2D eigenvalue weighted by Crippen LogP contribution is 2.26. The number of hydrogen-bond acceptors (Lipinski definition) is 6. The van der Waals surface area contributed by atoms with Crippen LogP contribution in [0, 0.1) is 6.92 Å². The third-order valence-corrected chi connectivity index (χ3v) is 4.61. The van der Waals surface area contributed by atoms with Crippen molar-refractivity contribution in [2.45, 2.75) is 6.92 Å². The summed E-state index contributed by atoms with van der Waals surface area (Å²) in [5.74, 6) is 1.70. The summed E-state index contributed by atoms with van der Waals surface area (Å²) in [7, 11) is 0. The Morgan fingerprint density at radius 1 is 1.04 bits per heavy atom. The number of aromatic nitrogens is 4. The first-order chi connectivity index (χ1) is 12.3. The summed E-state index contributed by atoms with van der Waals surface area (Å²) in [5.41, 5.74) is 1.83. The van der Waals surface area contributed by atoms with E-state index < -0.39 is 0 Å². The minimum Gasteiger partial charge on any atom is -0.395 e. The molecule has 0 atom stereocenters. The Morgan fingerprint density at radius 3 is 2.52 bits per heavy atom. The van der Waals surface area contributed by atoms with Gasteiger partial charge in [0.15, 0.2) is 5.65 Å². The third-order valence-electron chi connectivity index (χ3n) is 4.61. The molecule has 130 valence electrons. The highest BCUT2D eigenvalue weighted by molar-refractivity contribution is 5.88. The second kappa shape index (κ2) is 6.78. The maximum Gasteiger partial charge on any atom is 0.168 e. The lowest BCUT2D eigenvalue weighted by molar-refractivity contribution is 0.188. The molecule has 1 aromatic carbocycles. The van der Waals surface area contributed by atoms with Gasteiger partial charge in [0.05, 0.1) is 23.9 Å². The van der Waals surface area contributed by atoms with Gasteiger partial charge in [0, 0.05) is 32.7 Å². The van der Waals surface area contributed by atoms with Gasteiger partial charge in [-0.05, 0) is 19.1 Å². The zero-order valence-corrected chi connectivity index (χ0v) is 14.3. The van der Waals surface area contributed by atoms with E-state index in [9.17, 15) is 0 Å². The molecule has 0 bridgehead atoms. The first kappa shape index (κ1) is 16.0. The number of rotatable bonds is 4. The molecule has 0 amide bonds. The van der Waals surface area contributed by atoms with Gasteiger partial charge in [-0.1, -0.05) is 18.2 Å². The van der Waals surface area contributed by atoms with E-state index in [1.54, 1.807) is 0 Å². The number of β-amino-alcohol motifs (C(OH)–C–C–N with tert-alkyl or cyclic N) is 1. The van der Waals surface area contributed by atoms with Gasteiger partial charge < -0.3 is 10.0 Å². The van der Waals surface area contributed by atoms with Crippen LogP contribution in [0.4, 0.5) is 5.82 Å². The largest absolute Gasteiger partial charge is 0.395 e. The molecule has 0 aliphatic carbocycles. The molecule has 4 rings (SSSR count). The molecule has 1 saturated heterocycles. The number of benzene rings is 1. The maximum atomic E-state index is 9.10. The summed E-state index contributed by atoms with van der Waals surface area (Å²) in [6.07, 6.45) is 1.86. The minimum absolute atomic E-state index is 0.209. The predicted molar refractivity (Wildman–Crippen MR) is 97.1 cm³/mol.